The molecule has 0 aliphatic carbocycles. The van der Waals surface area contributed by atoms with Gasteiger partial charge in [0.05, 0.1) is 35.5 Å². The number of anilines is 2. The number of ether oxygens (including phenoxy) is 3. The summed E-state index contributed by atoms with van der Waals surface area (Å²) in [6.07, 6.45) is 2.35. The van der Waals surface area contributed by atoms with E-state index in [4.69, 9.17) is 26.8 Å². The van der Waals surface area contributed by atoms with Gasteiger partial charge in [0.1, 0.15) is 17.4 Å². The summed E-state index contributed by atoms with van der Waals surface area (Å²) in [5.41, 5.74) is 9.45. The van der Waals surface area contributed by atoms with Crippen LogP contribution in [0.15, 0.2) is 24.3 Å². The molecule has 0 unspecified atom stereocenters. The van der Waals surface area contributed by atoms with Gasteiger partial charge in [0.15, 0.2) is 5.78 Å². The minimum absolute atomic E-state index is 0.0368. The molecule has 3 aromatic rings. The van der Waals surface area contributed by atoms with Crippen LogP contribution < -0.4 is 15.8 Å². The van der Waals surface area contributed by atoms with Gasteiger partial charge in [0.25, 0.3) is 0 Å². The molecule has 0 saturated carbocycles. The number of nitrogens with two attached hydrogens (primary N) is 1. The molecule has 0 bridgehead atoms. The topological polar surface area (TPSA) is 149 Å². The number of amides is 1. The van der Waals surface area contributed by atoms with Crippen LogP contribution in [0.1, 0.15) is 52.0 Å². The lowest BCUT2D eigenvalue weighted by atomic mass is 10.0. The Morgan fingerprint density at radius 3 is 2.82 bits per heavy atom. The van der Waals surface area contributed by atoms with Crippen molar-refractivity contribution in [3.05, 3.63) is 46.0 Å². The van der Waals surface area contributed by atoms with Crippen molar-refractivity contribution in [2.75, 3.05) is 44.4 Å². The van der Waals surface area contributed by atoms with Crippen LogP contribution in [0.4, 0.5) is 16.4 Å². The average Bonchev–Trinajstić information content (AvgIpc) is 3.58. The molecule has 0 radical (unpaired) electrons. The molecule has 2 aromatic carbocycles. The Kier molecular flexibility index (Phi) is 7.89. The number of hydrogen-bond acceptors (Lipinski definition) is 9. The second kappa shape index (κ2) is 11.5. The zero-order chi connectivity index (χ0) is 27.5. The summed E-state index contributed by atoms with van der Waals surface area (Å²) >= 11 is 6.22. The van der Waals surface area contributed by atoms with Crippen molar-refractivity contribution < 1.29 is 28.6 Å². The lowest BCUT2D eigenvalue weighted by molar-refractivity contribution is 0.0109. The van der Waals surface area contributed by atoms with E-state index in [0.29, 0.717) is 77.3 Å². The van der Waals surface area contributed by atoms with E-state index in [0.717, 1.165) is 25.2 Å². The first-order chi connectivity index (χ1) is 18.8. The van der Waals surface area contributed by atoms with Gasteiger partial charge in [0.2, 0.25) is 5.95 Å². The number of ketones is 1. The highest BCUT2D eigenvalue weighted by Gasteiger charge is 2.29. The number of methoxy groups -OCH3 is 1. The van der Waals surface area contributed by atoms with Gasteiger partial charge in [-0.2, -0.15) is 0 Å². The van der Waals surface area contributed by atoms with Crippen LogP contribution in [0.3, 0.4) is 0 Å². The van der Waals surface area contributed by atoms with Crippen LogP contribution >= 0.6 is 11.6 Å². The smallest absolute Gasteiger partial charge is 0.413 e. The van der Waals surface area contributed by atoms with Crippen LogP contribution in [0, 0.1) is 0 Å². The molecule has 1 amide bonds. The van der Waals surface area contributed by atoms with Gasteiger partial charge in [-0.1, -0.05) is 11.6 Å². The number of piperidine rings is 1. The number of aromatic nitrogens is 2. The van der Waals surface area contributed by atoms with E-state index < -0.39 is 12.1 Å². The number of imidazole rings is 1. The van der Waals surface area contributed by atoms with E-state index >= 15 is 0 Å². The zero-order valence-corrected chi connectivity index (χ0v) is 22.3. The third kappa shape index (κ3) is 5.94. The number of benzene rings is 2. The number of Topliss-reactive ketones (excluding diaryl/α,β-unsaturated/α-hetero) is 1. The summed E-state index contributed by atoms with van der Waals surface area (Å²) in [7, 11) is 1.27. The van der Waals surface area contributed by atoms with Crippen LogP contribution in [0.25, 0.3) is 11.0 Å². The average molecular weight is 556 g/mol. The molecule has 39 heavy (non-hydrogen) atoms. The fourth-order valence-corrected chi connectivity index (χ4v) is 5.21. The predicted octanol–water partition coefficient (Wildman–Crippen LogP) is 4.20. The van der Waals surface area contributed by atoms with E-state index in [-0.39, 0.29) is 17.8 Å². The van der Waals surface area contributed by atoms with Gasteiger partial charge in [-0.15, -0.1) is 0 Å². The standard InChI is InChI=1S/C27H30ClN5O6/c1-37-27(36)32-26-30-20-5-4-15(13-21(20)31-26)22(34)3-2-9-33-10-6-16(7-11-33)39-25(35)18-14-19(28)23(29)17-8-12-38-24(17)18/h4-5,13-14,16H,2-3,6-12,29H2,1H3,(H2,30,31,32,36). The summed E-state index contributed by atoms with van der Waals surface area (Å²) in [6.45, 7) is 2.80. The van der Waals surface area contributed by atoms with Crippen molar-refractivity contribution in [2.24, 2.45) is 0 Å². The second-order valence-corrected chi connectivity index (χ2v) is 10.0. The number of nitrogens with zero attached hydrogens (tertiary/aromatic N) is 2. The number of likely N-dealkylation sites (tertiary alicyclic amines) is 1. The summed E-state index contributed by atoms with van der Waals surface area (Å²) in [5.74, 6) is 0.329. The lowest BCUT2D eigenvalue weighted by Crippen LogP contribution is -2.38. The number of rotatable bonds is 8. The number of aromatic amines is 1. The Balaban J connectivity index is 1.07. The van der Waals surface area contributed by atoms with Crippen LogP contribution in [0.2, 0.25) is 5.02 Å². The molecule has 1 saturated heterocycles. The van der Waals surface area contributed by atoms with E-state index in [9.17, 15) is 14.4 Å². The molecule has 206 valence electrons. The van der Waals surface area contributed by atoms with Crippen LogP contribution in [-0.4, -0.2) is 72.2 Å². The molecule has 2 aliphatic rings. The number of hydrogen-bond donors (Lipinski definition) is 3. The zero-order valence-electron chi connectivity index (χ0n) is 21.5. The Morgan fingerprint density at radius 1 is 1.26 bits per heavy atom. The Bertz CT molecular complexity index is 1420. The molecule has 1 fully saturated rings. The first-order valence-electron chi connectivity index (χ1n) is 12.9. The summed E-state index contributed by atoms with van der Waals surface area (Å²) in [6, 6.07) is 6.74. The number of carbonyl (C=O) groups excluding carboxylic acids is 3. The number of esters is 1. The van der Waals surface area contributed by atoms with Gasteiger partial charge in [-0.05, 0) is 50.1 Å². The van der Waals surface area contributed by atoms with E-state index in [2.05, 4.69) is 24.9 Å². The minimum Gasteiger partial charge on any atom is -0.492 e. The molecule has 2 aliphatic heterocycles. The largest absolute Gasteiger partial charge is 0.492 e. The third-order valence-electron chi connectivity index (χ3n) is 7.09. The van der Waals surface area contributed by atoms with Gasteiger partial charge in [-0.3, -0.25) is 10.1 Å². The van der Waals surface area contributed by atoms with Gasteiger partial charge in [-0.25, -0.2) is 14.6 Å². The van der Waals surface area contributed by atoms with Crippen molar-refractivity contribution in [2.45, 2.75) is 38.2 Å². The molecular weight excluding hydrogens is 526 g/mol. The van der Waals surface area contributed by atoms with Gasteiger partial charge < -0.3 is 29.8 Å². The SMILES string of the molecule is COC(=O)Nc1nc2ccc(C(=O)CCCN3CCC(OC(=O)c4cc(Cl)c(N)c5c4OCC5)CC3)cc2[nH]1. The summed E-state index contributed by atoms with van der Waals surface area (Å²) in [5, 5.41) is 2.81. The molecular formula is C27H30ClN5O6. The quantitative estimate of drug-likeness (QED) is 0.211. The van der Waals surface area contributed by atoms with Gasteiger partial charge in [0, 0.05) is 37.1 Å². The third-order valence-corrected chi connectivity index (χ3v) is 7.40. The normalized spacial score (nSPS) is 15.5. The minimum atomic E-state index is -0.628. The second-order valence-electron chi connectivity index (χ2n) is 9.63. The monoisotopic (exact) mass is 555 g/mol. The highest BCUT2D eigenvalue weighted by Crippen LogP contribution is 2.39. The highest BCUT2D eigenvalue weighted by atomic mass is 35.5. The highest BCUT2D eigenvalue weighted by molar-refractivity contribution is 6.33. The fraction of sp³-hybridized carbons (Fsp3) is 0.407. The maximum Gasteiger partial charge on any atom is 0.413 e. The van der Waals surface area contributed by atoms with Crippen molar-refractivity contribution in [1.29, 1.82) is 0 Å². The van der Waals surface area contributed by atoms with Crippen LogP contribution in [0.5, 0.6) is 5.75 Å². The molecule has 11 nitrogen and oxygen atoms in total. The number of H-pyrrole nitrogens is 1. The first-order valence-corrected chi connectivity index (χ1v) is 13.2. The first kappa shape index (κ1) is 26.8. The van der Waals surface area contributed by atoms with E-state index in [1.54, 1.807) is 18.2 Å². The van der Waals surface area contributed by atoms with Gasteiger partial charge >= 0.3 is 12.1 Å². The maximum absolute atomic E-state index is 12.9. The molecule has 3 heterocycles. The van der Waals surface area contributed by atoms with Crippen LogP contribution in [-0.2, 0) is 15.9 Å². The van der Waals surface area contributed by atoms with Crippen molar-refractivity contribution in [1.82, 2.24) is 14.9 Å². The number of nitrogens with one attached hydrogen (secondary N) is 2. The Morgan fingerprint density at radius 2 is 2.05 bits per heavy atom. The van der Waals surface area contributed by atoms with Crippen molar-refractivity contribution >= 4 is 52.1 Å². The number of halogens is 1. The molecule has 1 aromatic heterocycles. The Hall–Kier alpha value is -3.83. The van der Waals surface area contributed by atoms with Crippen molar-refractivity contribution in [3.63, 3.8) is 0 Å². The molecule has 12 heteroatoms. The van der Waals surface area contributed by atoms with Crippen molar-refractivity contribution in [3.8, 4) is 5.75 Å². The molecule has 5 rings (SSSR count). The number of nitrogen functional groups attached to an aromatic ring is 1. The number of fused-ring (bicyclic) bond motifs is 2. The molecule has 0 spiro atoms. The number of carbonyl (C=O) groups is 3. The lowest BCUT2D eigenvalue weighted by Gasteiger charge is -2.31. The molecule has 0 atom stereocenters. The predicted molar refractivity (Wildman–Crippen MR) is 146 cm³/mol. The van der Waals surface area contributed by atoms with E-state index in [1.165, 1.54) is 13.2 Å². The summed E-state index contributed by atoms with van der Waals surface area (Å²) < 4.78 is 16.0. The molecule has 4 N–H and O–H groups in total. The fourth-order valence-electron chi connectivity index (χ4n) is 4.98. The summed E-state index contributed by atoms with van der Waals surface area (Å²) in [4.78, 5) is 46.5. The Labute approximate surface area is 229 Å². The maximum atomic E-state index is 12.9. The van der Waals surface area contributed by atoms with E-state index in [1.807, 2.05) is 0 Å².